The standard InChI is InChI=1S/10C2H6.5CH4/c10*1-2;;;;;/h10*1-2H3;5*1H4. The average molecular weight is 381 g/mol. The minimum absolute atomic E-state index is 0. The largest absolute Gasteiger partial charge is 0.0776 e. The van der Waals surface area contributed by atoms with Gasteiger partial charge in [-0.15, -0.1) is 0 Å². The summed E-state index contributed by atoms with van der Waals surface area (Å²) in [7, 11) is 0. The first kappa shape index (κ1) is 144. The van der Waals surface area contributed by atoms with Gasteiger partial charge in [0.1, 0.15) is 0 Å². The van der Waals surface area contributed by atoms with E-state index in [1.54, 1.807) is 0 Å². The molecule has 0 heterocycles. The smallest absolute Gasteiger partial charge is 0.0683 e. The van der Waals surface area contributed by atoms with Gasteiger partial charge in [0, 0.05) is 0 Å². The molecule has 0 saturated carbocycles. The van der Waals surface area contributed by atoms with E-state index in [9.17, 15) is 0 Å². The van der Waals surface area contributed by atoms with Gasteiger partial charge in [0.05, 0.1) is 0 Å². The van der Waals surface area contributed by atoms with E-state index in [0.29, 0.717) is 0 Å². The molecule has 0 amide bonds. The molecule has 0 fully saturated rings. The van der Waals surface area contributed by atoms with Crippen molar-refractivity contribution >= 4 is 0 Å². The first-order chi connectivity index (χ1) is 10.0. The maximum atomic E-state index is 2.00. The Bertz CT molecular complexity index is 0. The topological polar surface area (TPSA) is 0 Å². The van der Waals surface area contributed by atoms with Crippen LogP contribution < -0.4 is 0 Å². The quantitative estimate of drug-likeness (QED) is 0.391. The van der Waals surface area contributed by atoms with Crippen LogP contribution in [0.5, 0.6) is 0 Å². The van der Waals surface area contributed by atoms with E-state index in [4.69, 9.17) is 0 Å². The zero-order valence-electron chi connectivity index (χ0n) is 20.0. The summed E-state index contributed by atoms with van der Waals surface area (Å²) >= 11 is 0. The van der Waals surface area contributed by atoms with Crippen molar-refractivity contribution in [1.82, 2.24) is 0 Å². The highest BCUT2D eigenvalue weighted by Gasteiger charge is 0.950. The Balaban J connectivity index is -0.00000000334. The second-order valence-corrected chi connectivity index (χ2v) is 0. The summed E-state index contributed by atoms with van der Waals surface area (Å²) in [5, 5.41) is 0. The maximum absolute atomic E-state index is 2.00. The van der Waals surface area contributed by atoms with Gasteiger partial charge in [-0.25, -0.2) is 0 Å². The fraction of sp³-hybridized carbons (Fsp3) is 1.00. The Labute approximate surface area is 176 Å². The first-order valence-corrected chi connectivity index (χ1v) is 10.0. The molecule has 0 aliphatic heterocycles. The van der Waals surface area contributed by atoms with Crippen LogP contribution in [-0.2, 0) is 0 Å². The van der Waals surface area contributed by atoms with Gasteiger partial charge in [0.25, 0.3) is 0 Å². The molecule has 0 rings (SSSR count). The average Bonchev–Trinajstić information content (AvgIpc) is 2.71. The van der Waals surface area contributed by atoms with Crippen LogP contribution in [0.3, 0.4) is 0 Å². The summed E-state index contributed by atoms with van der Waals surface area (Å²) in [6.07, 6.45) is 0. The molecule has 0 radical (unpaired) electrons. The normalized spacial score (nSPS) is 2.40. The Morgan fingerprint density at radius 1 is 0.120 bits per heavy atom. The van der Waals surface area contributed by atoms with Crippen molar-refractivity contribution in [2.75, 3.05) is 0 Å². The van der Waals surface area contributed by atoms with Crippen molar-refractivity contribution in [2.24, 2.45) is 0 Å². The van der Waals surface area contributed by atoms with Gasteiger partial charge in [-0.05, 0) is 0 Å². The Hall–Kier alpha value is 0. The van der Waals surface area contributed by atoms with Crippen LogP contribution in [-0.4, -0.2) is 0 Å². The first-order valence-electron chi connectivity index (χ1n) is 10.0. The van der Waals surface area contributed by atoms with Crippen LogP contribution in [0.4, 0.5) is 0 Å². The molecule has 0 saturated heterocycles. The number of hydrogen-bond donors (Lipinski definition) is 0. The van der Waals surface area contributed by atoms with E-state index in [-0.39, 0.29) is 37.1 Å². The molecule has 0 atom stereocenters. The van der Waals surface area contributed by atoms with Crippen LogP contribution >= 0.6 is 0 Å². The Morgan fingerprint density at radius 2 is 0.120 bits per heavy atom. The lowest BCUT2D eigenvalue weighted by Gasteiger charge is -1.07. The molecule has 180 valence electrons. The van der Waals surface area contributed by atoms with Crippen LogP contribution in [0.1, 0.15) is 176 Å². The minimum atomic E-state index is 0. The van der Waals surface area contributed by atoms with Crippen molar-refractivity contribution in [3.63, 3.8) is 0 Å². The predicted molar refractivity (Wildman–Crippen MR) is 147 cm³/mol. The van der Waals surface area contributed by atoms with Crippen molar-refractivity contribution in [2.45, 2.75) is 176 Å². The van der Waals surface area contributed by atoms with Crippen molar-refractivity contribution in [3.8, 4) is 0 Å². The van der Waals surface area contributed by atoms with E-state index in [1.807, 2.05) is 138 Å². The van der Waals surface area contributed by atoms with Crippen LogP contribution in [0.25, 0.3) is 0 Å². The molecule has 0 aromatic heterocycles. The lowest BCUT2D eigenvalue weighted by Crippen LogP contribution is -0.856. The zero-order valence-corrected chi connectivity index (χ0v) is 20.0. The van der Waals surface area contributed by atoms with Gasteiger partial charge in [0.15, 0.2) is 0 Å². The second-order valence-electron chi connectivity index (χ2n) is 0. The predicted octanol–water partition coefficient (Wildman–Crippen LogP) is 13.4. The molecule has 0 nitrogen and oxygen atoms in total. The molecule has 0 aromatic rings. The third-order valence-corrected chi connectivity index (χ3v) is 0. The fourth-order valence-electron chi connectivity index (χ4n) is 0. The van der Waals surface area contributed by atoms with E-state index in [1.165, 1.54) is 0 Å². The highest BCUT2D eigenvalue weighted by molar-refractivity contribution is 3.52. The van der Waals surface area contributed by atoms with Gasteiger partial charge in [-0.2, -0.15) is 0 Å². The van der Waals surface area contributed by atoms with Crippen LogP contribution in [0.15, 0.2) is 0 Å². The highest BCUT2D eigenvalue weighted by atomic mass is 13.0. The third kappa shape index (κ3) is 0. The summed E-state index contributed by atoms with van der Waals surface area (Å²) in [5.74, 6) is 0. The lowest BCUT2D eigenvalue weighted by molar-refractivity contribution is 1.50. The molecular weight excluding hydrogens is 300 g/mol. The molecule has 25 heavy (non-hydrogen) atoms. The van der Waals surface area contributed by atoms with Crippen LogP contribution in [0.2, 0.25) is 0 Å². The molecule has 0 heteroatoms. The summed E-state index contributed by atoms with van der Waals surface area (Å²) in [4.78, 5) is 0. The van der Waals surface area contributed by atoms with E-state index in [2.05, 4.69) is 0 Å². The SMILES string of the molecule is C.C.C.C.C.CC.CC.CC.CC.CC.CC.CC.CC.CC.CC. The fourth-order valence-corrected chi connectivity index (χ4v) is 0. The second kappa shape index (κ2) is 0. The molecule has 0 aromatic carbocycles. The molecule has 0 spiro atoms. The van der Waals surface area contributed by atoms with Gasteiger partial charge in [0.2, 0.25) is 0 Å². The molecule has 0 bridgehead atoms. The molecule has 0 aliphatic rings. The Morgan fingerprint density at radius 3 is 0.120 bits per heavy atom. The van der Waals surface area contributed by atoms with Gasteiger partial charge in [-0.1, -0.05) is 176 Å². The number of hydrogen-bond acceptors (Lipinski definition) is 0. The minimum Gasteiger partial charge on any atom is -0.0776 e. The summed E-state index contributed by atoms with van der Waals surface area (Å²) in [6, 6.07) is 0. The van der Waals surface area contributed by atoms with E-state index >= 15 is 0 Å². The molecular formula is C25H80. The van der Waals surface area contributed by atoms with Crippen molar-refractivity contribution < 1.29 is 0 Å². The lowest BCUT2D eigenvalue weighted by atomic mass is 11.0. The molecule has 0 aliphatic carbocycles. The highest BCUT2D eigenvalue weighted by Crippen LogP contribution is 1.16. The monoisotopic (exact) mass is 381 g/mol. The van der Waals surface area contributed by atoms with Gasteiger partial charge in [-0.3, -0.25) is 0 Å². The van der Waals surface area contributed by atoms with Crippen molar-refractivity contribution in [1.29, 1.82) is 0 Å². The summed E-state index contributed by atoms with van der Waals surface area (Å²) in [5.41, 5.74) is 0. The molecule has 0 unspecified atom stereocenters. The Kier molecular flexibility index (Phi) is 0. The van der Waals surface area contributed by atoms with E-state index in [0.717, 1.165) is 0 Å². The van der Waals surface area contributed by atoms with E-state index < -0.39 is 0 Å². The van der Waals surface area contributed by atoms with Gasteiger partial charge >= 0.3 is 0 Å². The zero-order chi connectivity index (χ0) is 20.0. The maximum Gasteiger partial charge on any atom is -0.0683 e. The third-order valence-electron chi connectivity index (χ3n) is 0. The summed E-state index contributed by atoms with van der Waals surface area (Å²) < 4.78 is 0. The number of rotatable bonds is 0. The summed E-state index contributed by atoms with van der Waals surface area (Å²) in [6.45, 7) is 40.0. The van der Waals surface area contributed by atoms with Gasteiger partial charge < -0.3 is 0 Å². The molecule has 0 N–H and O–H groups in total. The van der Waals surface area contributed by atoms with Crippen molar-refractivity contribution in [3.05, 3.63) is 0 Å². The van der Waals surface area contributed by atoms with Crippen LogP contribution in [0, 0.1) is 0 Å².